The van der Waals surface area contributed by atoms with Crippen molar-refractivity contribution in [3.05, 3.63) is 124 Å². The molecule has 0 bridgehead atoms. The molecule has 198 valence electrons. The van der Waals surface area contributed by atoms with E-state index in [2.05, 4.69) is 5.32 Å². The summed E-state index contributed by atoms with van der Waals surface area (Å²) in [6, 6.07) is 24.8. The Balaban J connectivity index is 1.61. The highest BCUT2D eigenvalue weighted by Gasteiger charge is 2.44. The molecule has 6 nitrogen and oxygen atoms in total. The number of hydrogen-bond acceptors (Lipinski definition) is 4. The zero-order chi connectivity index (χ0) is 27.5. The number of fused-ring (bicyclic) bond motifs is 1. The highest BCUT2D eigenvalue weighted by molar-refractivity contribution is 6.32. The van der Waals surface area contributed by atoms with Crippen molar-refractivity contribution in [2.45, 2.75) is 18.5 Å². The first kappa shape index (κ1) is 26.3. The summed E-state index contributed by atoms with van der Waals surface area (Å²) in [4.78, 5) is 29.6. The van der Waals surface area contributed by atoms with E-state index < -0.39 is 12.0 Å². The summed E-state index contributed by atoms with van der Waals surface area (Å²) in [5.41, 5.74) is 3.06. The summed E-state index contributed by atoms with van der Waals surface area (Å²) in [6.45, 7) is 0.183. The van der Waals surface area contributed by atoms with Crippen LogP contribution in [0.1, 0.15) is 39.0 Å². The van der Waals surface area contributed by atoms with Crippen LogP contribution in [0, 0.1) is 5.82 Å². The molecule has 0 radical (unpaired) electrons. The first-order valence-corrected chi connectivity index (χ1v) is 12.7. The molecule has 1 N–H and O–H groups in total. The van der Waals surface area contributed by atoms with Gasteiger partial charge in [0.05, 0.1) is 31.2 Å². The second-order valence-electron chi connectivity index (χ2n) is 9.18. The number of carbonyl (C=O) groups excluding carboxylic acids is 2. The van der Waals surface area contributed by atoms with Gasteiger partial charge in [0.25, 0.3) is 5.91 Å². The minimum atomic E-state index is -0.756. The van der Waals surface area contributed by atoms with E-state index in [9.17, 15) is 14.0 Å². The van der Waals surface area contributed by atoms with Crippen LogP contribution in [0.4, 0.5) is 10.1 Å². The summed E-state index contributed by atoms with van der Waals surface area (Å²) in [5, 5.41) is 3.34. The number of rotatable bonds is 7. The molecule has 2 atom stereocenters. The van der Waals surface area contributed by atoms with Gasteiger partial charge in [-0.25, -0.2) is 4.39 Å². The molecular weight excluding hydrogens is 519 g/mol. The van der Waals surface area contributed by atoms with E-state index in [4.69, 9.17) is 21.1 Å². The van der Waals surface area contributed by atoms with Crippen LogP contribution in [-0.4, -0.2) is 30.9 Å². The third-order valence-corrected chi connectivity index (χ3v) is 7.16. The van der Waals surface area contributed by atoms with E-state index >= 15 is 0 Å². The Morgan fingerprint density at radius 1 is 0.949 bits per heavy atom. The van der Waals surface area contributed by atoms with Gasteiger partial charge in [-0.1, -0.05) is 54.1 Å². The van der Waals surface area contributed by atoms with Crippen molar-refractivity contribution in [3.63, 3.8) is 0 Å². The van der Waals surface area contributed by atoms with E-state index in [1.54, 1.807) is 66.6 Å². The van der Waals surface area contributed by atoms with Crippen molar-refractivity contribution >= 4 is 29.1 Å². The first-order chi connectivity index (χ1) is 18.9. The van der Waals surface area contributed by atoms with Gasteiger partial charge in [-0.2, -0.15) is 0 Å². The second-order valence-corrected chi connectivity index (χ2v) is 9.59. The maximum Gasteiger partial charge on any atom is 0.255 e. The molecular formula is C31H26ClFN2O4. The quantitative estimate of drug-likeness (QED) is 0.284. The largest absolute Gasteiger partial charge is 0.497 e. The van der Waals surface area contributed by atoms with E-state index in [1.807, 2.05) is 24.3 Å². The third-order valence-electron chi connectivity index (χ3n) is 6.86. The molecule has 2 unspecified atom stereocenters. The number of carbonyl (C=O) groups is 2. The normalized spacial score (nSPS) is 16.4. The SMILES string of the molecule is COc1ccc(C2C(C(=O)Nc3ccc(OC)c(Cl)c3)c3ccccc3C(=O)N2Cc2ccc(F)cc2)cc1. The number of benzene rings is 4. The Morgan fingerprint density at radius 2 is 1.67 bits per heavy atom. The number of halogens is 2. The van der Waals surface area contributed by atoms with Crippen molar-refractivity contribution < 1.29 is 23.5 Å². The number of ether oxygens (including phenoxy) is 2. The van der Waals surface area contributed by atoms with Gasteiger partial charge in [0.2, 0.25) is 5.91 Å². The number of hydrogen-bond donors (Lipinski definition) is 1. The molecule has 8 heteroatoms. The fourth-order valence-electron chi connectivity index (χ4n) is 4.97. The lowest BCUT2D eigenvalue weighted by Crippen LogP contribution is -2.45. The van der Waals surface area contributed by atoms with Crippen molar-refractivity contribution in [3.8, 4) is 11.5 Å². The Labute approximate surface area is 230 Å². The predicted octanol–water partition coefficient (Wildman–Crippen LogP) is 6.62. The highest BCUT2D eigenvalue weighted by atomic mass is 35.5. The van der Waals surface area contributed by atoms with Gasteiger partial charge < -0.3 is 19.7 Å². The maximum absolute atomic E-state index is 14.1. The number of anilines is 1. The van der Waals surface area contributed by atoms with E-state index in [0.29, 0.717) is 33.3 Å². The second kappa shape index (κ2) is 11.2. The van der Waals surface area contributed by atoms with Gasteiger partial charge in [0.15, 0.2) is 0 Å². The molecule has 1 aliphatic rings. The standard InChI is InChI=1S/C31H26ClFN2O4/c1-38-23-14-9-20(10-15-23)29-28(30(36)34-22-13-16-27(39-2)26(32)17-22)24-5-3-4-6-25(24)31(37)35(29)18-19-7-11-21(33)12-8-19/h3-17,28-29H,18H2,1-2H3,(H,34,36). The van der Waals surface area contributed by atoms with Crippen LogP contribution in [0.5, 0.6) is 11.5 Å². The number of nitrogens with zero attached hydrogens (tertiary/aromatic N) is 1. The Kier molecular flexibility index (Phi) is 7.52. The van der Waals surface area contributed by atoms with E-state index in [1.165, 1.54) is 19.2 Å². The van der Waals surface area contributed by atoms with Crippen LogP contribution in [-0.2, 0) is 11.3 Å². The van der Waals surface area contributed by atoms with Crippen molar-refractivity contribution in [2.75, 3.05) is 19.5 Å². The fraction of sp³-hybridized carbons (Fsp3) is 0.161. The lowest BCUT2D eigenvalue weighted by Gasteiger charge is -2.42. The molecule has 0 saturated heterocycles. The Bertz CT molecular complexity index is 1510. The molecule has 0 saturated carbocycles. The zero-order valence-corrected chi connectivity index (χ0v) is 22.1. The summed E-state index contributed by atoms with van der Waals surface area (Å²) in [7, 11) is 3.09. The van der Waals surface area contributed by atoms with Crippen molar-refractivity contribution in [1.29, 1.82) is 0 Å². The minimum Gasteiger partial charge on any atom is -0.497 e. The molecule has 0 spiro atoms. The topological polar surface area (TPSA) is 67.9 Å². The predicted molar refractivity (Wildman–Crippen MR) is 148 cm³/mol. The smallest absolute Gasteiger partial charge is 0.255 e. The lowest BCUT2D eigenvalue weighted by atomic mass is 9.79. The number of methoxy groups -OCH3 is 2. The molecule has 0 fully saturated rings. The monoisotopic (exact) mass is 544 g/mol. The molecule has 4 aromatic carbocycles. The zero-order valence-electron chi connectivity index (χ0n) is 21.4. The minimum absolute atomic E-state index is 0.183. The molecule has 2 amide bonds. The van der Waals surface area contributed by atoms with Crippen molar-refractivity contribution in [2.24, 2.45) is 0 Å². The molecule has 4 aromatic rings. The summed E-state index contributed by atoms with van der Waals surface area (Å²) in [5.74, 6) is -0.497. The number of amides is 2. The molecule has 0 aromatic heterocycles. The maximum atomic E-state index is 14.1. The highest BCUT2D eigenvalue weighted by Crippen LogP contribution is 2.44. The lowest BCUT2D eigenvalue weighted by molar-refractivity contribution is -0.119. The third kappa shape index (κ3) is 5.31. The van der Waals surface area contributed by atoms with Gasteiger partial charge in [-0.05, 0) is 65.2 Å². The van der Waals surface area contributed by atoms with Gasteiger partial charge in [-0.15, -0.1) is 0 Å². The van der Waals surface area contributed by atoms with Crippen LogP contribution >= 0.6 is 11.6 Å². The summed E-state index contributed by atoms with van der Waals surface area (Å²) < 4.78 is 24.2. The van der Waals surface area contributed by atoms with Crippen LogP contribution in [0.3, 0.4) is 0 Å². The summed E-state index contributed by atoms with van der Waals surface area (Å²) >= 11 is 6.31. The molecule has 1 aliphatic heterocycles. The van der Waals surface area contributed by atoms with E-state index in [0.717, 1.165) is 11.1 Å². The molecule has 0 aliphatic carbocycles. The Morgan fingerprint density at radius 3 is 2.33 bits per heavy atom. The summed E-state index contributed by atoms with van der Waals surface area (Å²) in [6.07, 6.45) is 0. The molecule has 1 heterocycles. The van der Waals surface area contributed by atoms with Crippen LogP contribution in [0.25, 0.3) is 0 Å². The molecule has 5 rings (SSSR count). The van der Waals surface area contributed by atoms with Gasteiger partial charge in [0, 0.05) is 17.8 Å². The average molecular weight is 545 g/mol. The van der Waals surface area contributed by atoms with Gasteiger partial charge in [-0.3, -0.25) is 9.59 Å². The van der Waals surface area contributed by atoms with Crippen LogP contribution in [0.15, 0.2) is 91.0 Å². The van der Waals surface area contributed by atoms with Gasteiger partial charge in [0.1, 0.15) is 17.3 Å². The van der Waals surface area contributed by atoms with Gasteiger partial charge >= 0.3 is 0 Å². The van der Waals surface area contributed by atoms with E-state index in [-0.39, 0.29) is 24.2 Å². The number of nitrogens with one attached hydrogen (secondary N) is 1. The average Bonchev–Trinajstić information content (AvgIpc) is 2.95. The Hall–Kier alpha value is -4.36. The fourth-order valence-corrected chi connectivity index (χ4v) is 5.23. The van der Waals surface area contributed by atoms with Crippen molar-refractivity contribution in [1.82, 2.24) is 4.90 Å². The van der Waals surface area contributed by atoms with Crippen LogP contribution < -0.4 is 14.8 Å². The molecule has 39 heavy (non-hydrogen) atoms. The van der Waals surface area contributed by atoms with Crippen LogP contribution in [0.2, 0.25) is 5.02 Å². The first-order valence-electron chi connectivity index (χ1n) is 12.3.